The van der Waals surface area contributed by atoms with Crippen LogP contribution in [0.15, 0.2) is 59.7 Å². The molecular formula is C17H15ClN4O2. The van der Waals surface area contributed by atoms with Crippen molar-refractivity contribution in [3.8, 4) is 11.6 Å². The van der Waals surface area contributed by atoms with E-state index in [1.54, 1.807) is 31.5 Å². The van der Waals surface area contributed by atoms with Crippen molar-refractivity contribution in [3.63, 3.8) is 0 Å². The Morgan fingerprint density at radius 1 is 1.17 bits per heavy atom. The van der Waals surface area contributed by atoms with Crippen LogP contribution in [0.25, 0.3) is 5.69 Å². The van der Waals surface area contributed by atoms with Crippen LogP contribution >= 0.6 is 11.6 Å². The van der Waals surface area contributed by atoms with E-state index in [0.29, 0.717) is 23.8 Å². The fraction of sp³-hybridized carbons (Fsp3) is 0.118. The minimum absolute atomic E-state index is 0.0929. The summed E-state index contributed by atoms with van der Waals surface area (Å²) in [6.07, 6.45) is 3.23. The highest BCUT2D eigenvalue weighted by molar-refractivity contribution is 6.32. The third-order valence-electron chi connectivity index (χ3n) is 3.41. The number of anilines is 1. The van der Waals surface area contributed by atoms with Crippen LogP contribution in [-0.2, 0) is 6.54 Å². The molecule has 0 amide bonds. The summed E-state index contributed by atoms with van der Waals surface area (Å²) in [5.74, 6) is 0.545. The van der Waals surface area contributed by atoms with Crippen molar-refractivity contribution in [3.05, 3.63) is 75.8 Å². The lowest BCUT2D eigenvalue weighted by molar-refractivity contribution is 0.397. The summed E-state index contributed by atoms with van der Waals surface area (Å²) in [5.41, 5.74) is 1.69. The molecule has 3 aromatic rings. The molecule has 7 heteroatoms. The summed E-state index contributed by atoms with van der Waals surface area (Å²) in [7, 11) is 1.56. The normalized spacial score (nSPS) is 10.4. The fourth-order valence-corrected chi connectivity index (χ4v) is 2.34. The van der Waals surface area contributed by atoms with E-state index in [1.807, 2.05) is 24.3 Å². The van der Waals surface area contributed by atoms with Gasteiger partial charge in [-0.25, -0.2) is 4.98 Å². The molecule has 0 spiro atoms. The van der Waals surface area contributed by atoms with Gasteiger partial charge in [0.15, 0.2) is 0 Å². The van der Waals surface area contributed by atoms with E-state index >= 15 is 0 Å². The average molecular weight is 343 g/mol. The molecule has 0 aliphatic heterocycles. The number of rotatable bonds is 5. The Balaban J connectivity index is 1.79. The first kappa shape index (κ1) is 16.0. The molecule has 0 saturated heterocycles. The lowest BCUT2D eigenvalue weighted by atomic mass is 10.3. The van der Waals surface area contributed by atoms with Gasteiger partial charge in [-0.3, -0.25) is 4.79 Å². The average Bonchev–Trinajstić information content (AvgIpc) is 2.64. The second kappa shape index (κ2) is 7.14. The van der Waals surface area contributed by atoms with Crippen LogP contribution in [0.1, 0.15) is 5.56 Å². The summed E-state index contributed by atoms with van der Waals surface area (Å²) in [4.78, 5) is 16.5. The number of hydrogen-bond acceptors (Lipinski definition) is 5. The Kier molecular flexibility index (Phi) is 4.77. The van der Waals surface area contributed by atoms with Gasteiger partial charge in [-0.05, 0) is 17.7 Å². The van der Waals surface area contributed by atoms with E-state index < -0.39 is 0 Å². The number of para-hydroxylation sites is 1. The van der Waals surface area contributed by atoms with E-state index in [4.69, 9.17) is 16.3 Å². The van der Waals surface area contributed by atoms with Crippen molar-refractivity contribution in [2.75, 3.05) is 12.4 Å². The Hall–Kier alpha value is -2.86. The van der Waals surface area contributed by atoms with E-state index in [0.717, 1.165) is 5.56 Å². The molecule has 2 heterocycles. The molecule has 0 saturated carbocycles. The van der Waals surface area contributed by atoms with Crippen LogP contribution in [0, 0.1) is 0 Å². The Morgan fingerprint density at radius 3 is 2.62 bits per heavy atom. The van der Waals surface area contributed by atoms with Crippen molar-refractivity contribution < 1.29 is 4.74 Å². The topological polar surface area (TPSA) is 69.0 Å². The van der Waals surface area contributed by atoms with Crippen molar-refractivity contribution in [1.29, 1.82) is 0 Å². The van der Waals surface area contributed by atoms with Crippen LogP contribution in [0.4, 0.5) is 5.69 Å². The molecule has 2 aromatic heterocycles. The predicted octanol–water partition coefficient (Wildman–Crippen LogP) is 2.90. The number of hydrogen-bond donors (Lipinski definition) is 1. The molecule has 0 radical (unpaired) electrons. The number of aromatic nitrogens is 3. The van der Waals surface area contributed by atoms with Crippen molar-refractivity contribution in [1.82, 2.24) is 14.8 Å². The molecule has 0 fully saturated rings. The lowest BCUT2D eigenvalue weighted by Gasteiger charge is -2.10. The molecule has 3 rings (SSSR count). The van der Waals surface area contributed by atoms with Gasteiger partial charge < -0.3 is 10.1 Å². The van der Waals surface area contributed by atoms with Crippen LogP contribution in [0.3, 0.4) is 0 Å². The van der Waals surface area contributed by atoms with Crippen molar-refractivity contribution >= 4 is 17.3 Å². The third-order valence-corrected chi connectivity index (χ3v) is 3.77. The van der Waals surface area contributed by atoms with Crippen LogP contribution in [0.5, 0.6) is 5.88 Å². The molecule has 0 bridgehead atoms. The monoisotopic (exact) mass is 342 g/mol. The number of nitrogens with one attached hydrogen (secondary N) is 1. The summed E-state index contributed by atoms with van der Waals surface area (Å²) in [6, 6.07) is 12.8. The number of halogens is 1. The van der Waals surface area contributed by atoms with Gasteiger partial charge in [0.05, 0.1) is 24.7 Å². The van der Waals surface area contributed by atoms with Gasteiger partial charge in [-0.15, -0.1) is 0 Å². The zero-order valence-corrected chi connectivity index (χ0v) is 13.7. The van der Waals surface area contributed by atoms with Crippen LogP contribution in [-0.4, -0.2) is 21.9 Å². The van der Waals surface area contributed by atoms with Gasteiger partial charge in [0.25, 0.3) is 5.56 Å². The highest BCUT2D eigenvalue weighted by Gasteiger charge is 2.10. The van der Waals surface area contributed by atoms with E-state index in [2.05, 4.69) is 15.4 Å². The second-order valence-corrected chi connectivity index (χ2v) is 5.37. The zero-order valence-electron chi connectivity index (χ0n) is 12.9. The van der Waals surface area contributed by atoms with Gasteiger partial charge in [0.2, 0.25) is 5.88 Å². The number of benzene rings is 1. The highest BCUT2D eigenvalue weighted by Crippen LogP contribution is 2.18. The summed E-state index contributed by atoms with van der Waals surface area (Å²) < 4.78 is 6.28. The number of nitrogens with zero attached hydrogens (tertiary/aromatic N) is 3. The minimum atomic E-state index is -0.374. The van der Waals surface area contributed by atoms with Gasteiger partial charge in [-0.1, -0.05) is 35.9 Å². The van der Waals surface area contributed by atoms with E-state index in [1.165, 1.54) is 10.9 Å². The first-order valence-corrected chi connectivity index (χ1v) is 7.63. The first-order chi connectivity index (χ1) is 11.7. The first-order valence-electron chi connectivity index (χ1n) is 7.25. The van der Waals surface area contributed by atoms with Gasteiger partial charge in [0, 0.05) is 18.8 Å². The van der Waals surface area contributed by atoms with E-state index in [-0.39, 0.29) is 10.6 Å². The van der Waals surface area contributed by atoms with Crippen molar-refractivity contribution in [2.24, 2.45) is 0 Å². The van der Waals surface area contributed by atoms with Gasteiger partial charge in [-0.2, -0.15) is 9.78 Å². The molecule has 0 aliphatic rings. The van der Waals surface area contributed by atoms with Gasteiger partial charge in [0.1, 0.15) is 5.02 Å². The number of methoxy groups -OCH3 is 1. The van der Waals surface area contributed by atoms with E-state index in [9.17, 15) is 4.79 Å². The SMILES string of the molecule is COc1ccc(CNc2cnn(-c3ccccc3)c(=O)c2Cl)cn1. The lowest BCUT2D eigenvalue weighted by Crippen LogP contribution is -2.22. The summed E-state index contributed by atoms with van der Waals surface area (Å²) in [5, 5.41) is 7.36. The molecule has 0 unspecified atom stereocenters. The maximum absolute atomic E-state index is 12.4. The summed E-state index contributed by atoms with van der Waals surface area (Å²) in [6.45, 7) is 0.465. The Bertz CT molecular complexity index is 879. The molecule has 0 aliphatic carbocycles. The fourth-order valence-electron chi connectivity index (χ4n) is 2.14. The summed E-state index contributed by atoms with van der Waals surface area (Å²) >= 11 is 6.19. The molecular weight excluding hydrogens is 328 g/mol. The molecule has 1 N–H and O–H groups in total. The minimum Gasteiger partial charge on any atom is -0.481 e. The number of pyridine rings is 1. The second-order valence-electron chi connectivity index (χ2n) is 4.99. The van der Waals surface area contributed by atoms with Crippen molar-refractivity contribution in [2.45, 2.75) is 6.54 Å². The standard InChI is InChI=1S/C17H15ClN4O2/c1-24-15-8-7-12(10-20-15)9-19-14-11-21-22(17(23)16(14)18)13-5-3-2-4-6-13/h2-8,10-11,19H,9H2,1H3. The van der Waals surface area contributed by atoms with Crippen LogP contribution in [0.2, 0.25) is 5.02 Å². The Morgan fingerprint density at radius 2 is 1.96 bits per heavy atom. The number of ether oxygens (including phenoxy) is 1. The molecule has 0 atom stereocenters. The molecule has 1 aromatic carbocycles. The quantitative estimate of drug-likeness (QED) is 0.772. The maximum Gasteiger partial charge on any atom is 0.292 e. The largest absolute Gasteiger partial charge is 0.481 e. The van der Waals surface area contributed by atoms with Crippen LogP contribution < -0.4 is 15.6 Å². The zero-order chi connectivity index (χ0) is 16.9. The molecule has 122 valence electrons. The highest BCUT2D eigenvalue weighted by atomic mass is 35.5. The predicted molar refractivity (Wildman–Crippen MR) is 93.0 cm³/mol. The smallest absolute Gasteiger partial charge is 0.292 e. The van der Waals surface area contributed by atoms with Gasteiger partial charge >= 0.3 is 0 Å². The third kappa shape index (κ3) is 3.38. The Labute approximate surface area is 143 Å². The maximum atomic E-state index is 12.4. The molecule has 6 nitrogen and oxygen atoms in total. The molecule has 24 heavy (non-hydrogen) atoms.